The summed E-state index contributed by atoms with van der Waals surface area (Å²) >= 11 is 0. The molecule has 1 aliphatic rings. The number of rotatable bonds is 5. The molecule has 0 fully saturated rings. The van der Waals surface area contributed by atoms with E-state index < -0.39 is 12.1 Å². The van der Waals surface area contributed by atoms with Crippen molar-refractivity contribution in [2.45, 2.75) is 25.5 Å². The van der Waals surface area contributed by atoms with Crippen molar-refractivity contribution in [2.75, 3.05) is 13.7 Å². The van der Waals surface area contributed by atoms with Crippen molar-refractivity contribution < 1.29 is 19.1 Å². The average Bonchev–Trinajstić information content (AvgIpc) is 2.39. The molecule has 0 amide bonds. The predicted molar refractivity (Wildman–Crippen MR) is 62.6 cm³/mol. The van der Waals surface area contributed by atoms with Gasteiger partial charge in [-0.3, -0.25) is 0 Å². The molecule has 18 heavy (non-hydrogen) atoms. The fourth-order valence-corrected chi connectivity index (χ4v) is 1.89. The first kappa shape index (κ1) is 14.2. The van der Waals surface area contributed by atoms with Gasteiger partial charge >= 0.3 is 5.97 Å². The Bertz CT molecular complexity index is 401. The molecule has 1 rings (SSSR count). The molecule has 7 nitrogen and oxygen atoms in total. The summed E-state index contributed by atoms with van der Waals surface area (Å²) in [6.45, 7) is 1.78. The van der Waals surface area contributed by atoms with Crippen molar-refractivity contribution in [3.8, 4) is 0 Å². The lowest BCUT2D eigenvalue weighted by atomic mass is 9.84. The van der Waals surface area contributed by atoms with E-state index in [-0.39, 0.29) is 18.6 Å². The van der Waals surface area contributed by atoms with Crippen molar-refractivity contribution in [3.05, 3.63) is 22.1 Å². The minimum Gasteiger partial charge on any atom is -0.466 e. The summed E-state index contributed by atoms with van der Waals surface area (Å²) in [7, 11) is 1.28. The molecule has 2 unspecified atom stereocenters. The van der Waals surface area contributed by atoms with Crippen molar-refractivity contribution in [1.29, 1.82) is 0 Å². The van der Waals surface area contributed by atoms with Gasteiger partial charge in [-0.1, -0.05) is 12.0 Å². The molecule has 0 spiro atoms. The Morgan fingerprint density at radius 1 is 1.72 bits per heavy atom. The van der Waals surface area contributed by atoms with Gasteiger partial charge in [0.15, 0.2) is 0 Å². The second kappa shape index (κ2) is 6.78. The van der Waals surface area contributed by atoms with Crippen LogP contribution in [0.2, 0.25) is 0 Å². The highest BCUT2D eigenvalue weighted by Crippen LogP contribution is 2.29. The average molecular weight is 253 g/mol. The van der Waals surface area contributed by atoms with Crippen molar-refractivity contribution in [2.24, 2.45) is 11.0 Å². The number of hydrogen-bond donors (Lipinski definition) is 0. The standard InChI is InChI=1S/C11H15N3O4/c1-7-9(13-14-12)5-8(11(16)17-2)6-10(7)18-4-3-15/h3,6-7,9-10H,4-5H2,1-2H3/t7-,9?,10?/m0/s1. The molecule has 0 saturated carbocycles. The molecule has 0 aromatic carbocycles. The minimum atomic E-state index is -0.472. The van der Waals surface area contributed by atoms with Crippen LogP contribution in [0.3, 0.4) is 0 Å². The number of nitrogens with zero attached hydrogens (tertiary/aromatic N) is 3. The van der Waals surface area contributed by atoms with E-state index in [2.05, 4.69) is 14.8 Å². The smallest absolute Gasteiger partial charge is 0.333 e. The predicted octanol–water partition coefficient (Wildman–Crippen LogP) is 1.39. The molecule has 1 aliphatic carbocycles. The summed E-state index contributed by atoms with van der Waals surface area (Å²) in [5.41, 5.74) is 8.91. The summed E-state index contributed by atoms with van der Waals surface area (Å²) in [4.78, 5) is 24.6. The summed E-state index contributed by atoms with van der Waals surface area (Å²) < 4.78 is 9.95. The van der Waals surface area contributed by atoms with E-state index in [0.29, 0.717) is 18.3 Å². The van der Waals surface area contributed by atoms with Crippen LogP contribution in [0.25, 0.3) is 10.4 Å². The molecular weight excluding hydrogens is 238 g/mol. The van der Waals surface area contributed by atoms with Crippen LogP contribution in [0.15, 0.2) is 16.8 Å². The van der Waals surface area contributed by atoms with Gasteiger partial charge < -0.3 is 14.3 Å². The normalized spacial score (nSPS) is 26.8. The molecule has 7 heteroatoms. The third kappa shape index (κ3) is 3.32. The van der Waals surface area contributed by atoms with Gasteiger partial charge in [0.2, 0.25) is 0 Å². The van der Waals surface area contributed by atoms with Gasteiger partial charge in [0.1, 0.15) is 12.9 Å². The second-order valence-electron chi connectivity index (χ2n) is 3.98. The first-order valence-electron chi connectivity index (χ1n) is 5.52. The number of hydrogen-bond acceptors (Lipinski definition) is 5. The SMILES string of the molecule is COC(=O)C1=CC(OCC=O)[C@@H](C)C(N=[N+]=[N-])C1. The fraction of sp³-hybridized carbons (Fsp3) is 0.636. The first-order valence-corrected chi connectivity index (χ1v) is 5.52. The van der Waals surface area contributed by atoms with Crippen LogP contribution in [-0.4, -0.2) is 38.1 Å². The lowest BCUT2D eigenvalue weighted by Gasteiger charge is -2.31. The van der Waals surface area contributed by atoms with Crippen LogP contribution >= 0.6 is 0 Å². The van der Waals surface area contributed by atoms with Crippen molar-refractivity contribution in [3.63, 3.8) is 0 Å². The van der Waals surface area contributed by atoms with Gasteiger partial charge in [-0.2, -0.15) is 0 Å². The van der Waals surface area contributed by atoms with Crippen molar-refractivity contribution in [1.82, 2.24) is 0 Å². The van der Waals surface area contributed by atoms with E-state index in [1.165, 1.54) is 7.11 Å². The number of methoxy groups -OCH3 is 1. The zero-order valence-corrected chi connectivity index (χ0v) is 10.3. The van der Waals surface area contributed by atoms with E-state index >= 15 is 0 Å². The maximum Gasteiger partial charge on any atom is 0.333 e. The van der Waals surface area contributed by atoms with Crippen LogP contribution in [-0.2, 0) is 19.1 Å². The van der Waals surface area contributed by atoms with Crippen LogP contribution < -0.4 is 0 Å². The molecule has 0 heterocycles. The lowest BCUT2D eigenvalue weighted by Crippen LogP contribution is -2.35. The number of carbonyl (C=O) groups is 2. The van der Waals surface area contributed by atoms with Gasteiger partial charge in [0, 0.05) is 16.5 Å². The van der Waals surface area contributed by atoms with Gasteiger partial charge in [0.25, 0.3) is 0 Å². The Balaban J connectivity index is 2.94. The van der Waals surface area contributed by atoms with E-state index in [1.54, 1.807) is 6.08 Å². The van der Waals surface area contributed by atoms with Crippen molar-refractivity contribution >= 4 is 12.3 Å². The number of carbonyl (C=O) groups excluding carboxylic acids is 2. The molecule has 0 aromatic heterocycles. The molecule has 98 valence electrons. The molecule has 0 aromatic rings. The molecule has 3 atom stereocenters. The molecule has 0 radical (unpaired) electrons. The third-order valence-corrected chi connectivity index (χ3v) is 2.92. The van der Waals surface area contributed by atoms with Gasteiger partial charge in [-0.15, -0.1) is 0 Å². The molecular formula is C11H15N3O4. The first-order chi connectivity index (χ1) is 8.63. The molecule has 0 aliphatic heterocycles. The monoisotopic (exact) mass is 253 g/mol. The zero-order chi connectivity index (χ0) is 13.5. The Labute approximate surface area is 104 Å². The highest BCUT2D eigenvalue weighted by Gasteiger charge is 2.32. The fourth-order valence-electron chi connectivity index (χ4n) is 1.89. The summed E-state index contributed by atoms with van der Waals surface area (Å²) in [5.74, 6) is -0.575. The lowest BCUT2D eigenvalue weighted by molar-refractivity contribution is -0.136. The highest BCUT2D eigenvalue weighted by atomic mass is 16.5. The van der Waals surface area contributed by atoms with E-state index in [9.17, 15) is 9.59 Å². The van der Waals surface area contributed by atoms with Gasteiger partial charge in [-0.25, -0.2) is 4.79 Å². The third-order valence-electron chi connectivity index (χ3n) is 2.92. The Hall–Kier alpha value is -1.85. The molecule has 0 N–H and O–H groups in total. The number of ether oxygens (including phenoxy) is 2. The highest BCUT2D eigenvalue weighted by molar-refractivity contribution is 5.88. The van der Waals surface area contributed by atoms with Crippen LogP contribution in [0.5, 0.6) is 0 Å². The summed E-state index contributed by atoms with van der Waals surface area (Å²) in [6.07, 6.45) is 2.14. The second-order valence-corrected chi connectivity index (χ2v) is 3.98. The maximum atomic E-state index is 11.5. The van der Waals surface area contributed by atoms with E-state index in [4.69, 9.17) is 10.3 Å². The van der Waals surface area contributed by atoms with Gasteiger partial charge in [0.05, 0.1) is 13.2 Å². The Morgan fingerprint density at radius 3 is 3.00 bits per heavy atom. The van der Waals surface area contributed by atoms with E-state index in [0.717, 1.165) is 0 Å². The van der Waals surface area contributed by atoms with Gasteiger partial charge in [-0.05, 0) is 23.9 Å². The van der Waals surface area contributed by atoms with E-state index in [1.807, 2.05) is 6.92 Å². The summed E-state index contributed by atoms with van der Waals surface area (Å²) in [5, 5.41) is 3.65. The molecule has 0 saturated heterocycles. The largest absolute Gasteiger partial charge is 0.466 e. The number of esters is 1. The van der Waals surface area contributed by atoms with Crippen LogP contribution in [0, 0.1) is 5.92 Å². The quantitative estimate of drug-likeness (QED) is 0.243. The zero-order valence-electron chi connectivity index (χ0n) is 10.3. The van der Waals surface area contributed by atoms with Crippen LogP contribution in [0.1, 0.15) is 13.3 Å². The number of azide groups is 1. The molecule has 0 bridgehead atoms. The number of aldehydes is 1. The summed E-state index contributed by atoms with van der Waals surface area (Å²) in [6, 6.07) is -0.384. The minimum absolute atomic E-state index is 0.0665. The topological polar surface area (TPSA) is 101 Å². The Morgan fingerprint density at radius 2 is 2.44 bits per heavy atom. The van der Waals surface area contributed by atoms with Crippen LogP contribution in [0.4, 0.5) is 0 Å². The maximum absolute atomic E-state index is 11.5. The Kier molecular flexibility index (Phi) is 5.35.